The van der Waals surface area contributed by atoms with Crippen LogP contribution in [-0.2, 0) is 32.1 Å². The van der Waals surface area contributed by atoms with Gasteiger partial charge in [0.2, 0.25) is 11.8 Å². The predicted molar refractivity (Wildman–Crippen MR) is 164 cm³/mol. The number of carboxylic acids is 1. The number of fused-ring (bicyclic) bond motifs is 1. The van der Waals surface area contributed by atoms with Gasteiger partial charge in [0.1, 0.15) is 23.4 Å². The maximum Gasteiger partial charge on any atom is 0.358 e. The van der Waals surface area contributed by atoms with Crippen molar-refractivity contribution < 1.29 is 33.8 Å². The average molecular weight is 637 g/mol. The van der Waals surface area contributed by atoms with E-state index in [0.717, 1.165) is 12.5 Å². The molecule has 0 saturated carbocycles. The molecule has 1 aliphatic heterocycles. The molecule has 4 rings (SSSR count). The lowest BCUT2D eigenvalue weighted by atomic mass is 10.0. The number of aliphatic carboxylic acids is 1. The average Bonchev–Trinajstić information content (AvgIpc) is 3.39. The number of aromatic nitrogens is 5. The molecule has 3 N–H and O–H groups in total. The first-order valence-corrected chi connectivity index (χ1v) is 14.8. The summed E-state index contributed by atoms with van der Waals surface area (Å²) in [4.78, 5) is 75.1. The standard InChI is InChI=1S/C29H36N8O5.C2H4O2/c1-18(2)25-26-32-19(3)35-37(26)14-13-36(28(40)22-16-31-23(17-30-22)29(41)42-4)12-8-11-24(38)33-21(27(39)34-25)15-20-9-6-5-7-10-20;1-2(3)4/h5-7,9-10,16-18,21,25H,8,11-15H2,1-4H3,(H,33,38)(H,34,39);1H3,(H,3,4)/t21-,25+;/m0./s1. The van der Waals surface area contributed by atoms with Crippen molar-refractivity contribution in [1.29, 1.82) is 0 Å². The van der Waals surface area contributed by atoms with Crippen molar-refractivity contribution in [2.75, 3.05) is 20.2 Å². The zero-order valence-electron chi connectivity index (χ0n) is 26.6. The SMILES string of the molecule is CC(=O)O.COC(=O)c1cnc(C(=O)N2CCCC(=O)N[C@@H](Cc3ccccc3)C(=O)N[C@H](C(C)C)c3nc(C)nn3CC2)cn1. The van der Waals surface area contributed by atoms with Crippen LogP contribution in [0.25, 0.3) is 0 Å². The molecule has 15 heteroatoms. The van der Waals surface area contributed by atoms with Gasteiger partial charge in [-0.15, -0.1) is 0 Å². The molecule has 1 aromatic carbocycles. The van der Waals surface area contributed by atoms with E-state index in [1.165, 1.54) is 19.5 Å². The zero-order valence-corrected chi connectivity index (χ0v) is 26.6. The summed E-state index contributed by atoms with van der Waals surface area (Å²) in [7, 11) is 1.24. The fourth-order valence-corrected chi connectivity index (χ4v) is 4.75. The lowest BCUT2D eigenvalue weighted by Gasteiger charge is -2.28. The fourth-order valence-electron chi connectivity index (χ4n) is 4.75. The fraction of sp³-hybridized carbons (Fsp3) is 0.452. The van der Waals surface area contributed by atoms with Crippen molar-refractivity contribution in [1.82, 2.24) is 40.3 Å². The number of aryl methyl sites for hydroxylation is 1. The van der Waals surface area contributed by atoms with Gasteiger partial charge in [-0.2, -0.15) is 5.10 Å². The predicted octanol–water partition coefficient (Wildman–Crippen LogP) is 1.73. The number of rotatable bonds is 5. The molecule has 46 heavy (non-hydrogen) atoms. The third kappa shape index (κ3) is 10.2. The molecule has 3 aromatic rings. The van der Waals surface area contributed by atoms with Crippen LogP contribution in [0.2, 0.25) is 0 Å². The number of nitrogens with one attached hydrogen (secondary N) is 2. The Morgan fingerprint density at radius 2 is 1.67 bits per heavy atom. The van der Waals surface area contributed by atoms with Gasteiger partial charge in [0.15, 0.2) is 5.69 Å². The highest BCUT2D eigenvalue weighted by Gasteiger charge is 2.30. The van der Waals surface area contributed by atoms with E-state index in [1.807, 2.05) is 44.2 Å². The van der Waals surface area contributed by atoms with Crippen LogP contribution in [0, 0.1) is 12.8 Å². The summed E-state index contributed by atoms with van der Waals surface area (Å²) in [6.07, 6.45) is 3.20. The smallest absolute Gasteiger partial charge is 0.358 e. The quantitative estimate of drug-likeness (QED) is 0.345. The van der Waals surface area contributed by atoms with Gasteiger partial charge in [-0.25, -0.2) is 24.4 Å². The molecular weight excluding hydrogens is 596 g/mol. The van der Waals surface area contributed by atoms with E-state index < -0.39 is 29.9 Å². The first-order valence-electron chi connectivity index (χ1n) is 14.8. The Morgan fingerprint density at radius 1 is 1.02 bits per heavy atom. The minimum atomic E-state index is -0.833. The van der Waals surface area contributed by atoms with E-state index in [-0.39, 0.29) is 48.6 Å². The second kappa shape index (κ2) is 16.7. The zero-order chi connectivity index (χ0) is 33.8. The minimum Gasteiger partial charge on any atom is -0.481 e. The van der Waals surface area contributed by atoms with Crippen molar-refractivity contribution in [2.45, 2.75) is 65.6 Å². The van der Waals surface area contributed by atoms with Gasteiger partial charge in [0.25, 0.3) is 11.9 Å². The molecular formula is C31H40N8O7. The molecule has 0 saturated heterocycles. The molecule has 0 radical (unpaired) electrons. The number of ether oxygens (including phenoxy) is 1. The second-order valence-electron chi connectivity index (χ2n) is 11.0. The van der Waals surface area contributed by atoms with E-state index in [1.54, 1.807) is 16.5 Å². The van der Waals surface area contributed by atoms with E-state index in [4.69, 9.17) is 9.90 Å². The maximum absolute atomic E-state index is 13.6. The number of esters is 1. The molecule has 0 spiro atoms. The van der Waals surface area contributed by atoms with E-state index in [2.05, 4.69) is 35.4 Å². The number of carbonyl (C=O) groups is 5. The molecule has 0 aliphatic carbocycles. The first-order chi connectivity index (χ1) is 21.9. The number of methoxy groups -OCH3 is 1. The molecule has 2 atom stereocenters. The number of hydrogen-bond acceptors (Lipinski definition) is 10. The molecule has 1 aliphatic rings. The van der Waals surface area contributed by atoms with Gasteiger partial charge < -0.3 is 25.4 Å². The van der Waals surface area contributed by atoms with Gasteiger partial charge >= 0.3 is 5.97 Å². The molecule has 15 nitrogen and oxygen atoms in total. The second-order valence-corrected chi connectivity index (χ2v) is 11.0. The van der Waals surface area contributed by atoms with Gasteiger partial charge in [-0.1, -0.05) is 44.2 Å². The summed E-state index contributed by atoms with van der Waals surface area (Å²) in [6.45, 7) is 7.59. The van der Waals surface area contributed by atoms with Gasteiger partial charge in [-0.3, -0.25) is 19.2 Å². The van der Waals surface area contributed by atoms with Crippen molar-refractivity contribution in [3.05, 3.63) is 71.3 Å². The van der Waals surface area contributed by atoms with Gasteiger partial charge in [-0.05, 0) is 24.8 Å². The first kappa shape index (κ1) is 35.3. The van der Waals surface area contributed by atoms with Crippen LogP contribution in [0.5, 0.6) is 0 Å². The number of nitrogens with zero attached hydrogens (tertiary/aromatic N) is 6. The third-order valence-electron chi connectivity index (χ3n) is 6.95. The highest BCUT2D eigenvalue weighted by molar-refractivity contribution is 5.93. The summed E-state index contributed by atoms with van der Waals surface area (Å²) in [5.74, 6) is -1.44. The molecule has 0 bridgehead atoms. The summed E-state index contributed by atoms with van der Waals surface area (Å²) >= 11 is 0. The Labute approximate surface area is 266 Å². The Hall–Kier alpha value is -5.21. The normalized spacial score (nSPS) is 17.4. The number of amides is 3. The Bertz CT molecular complexity index is 1500. The largest absolute Gasteiger partial charge is 0.481 e. The highest BCUT2D eigenvalue weighted by atomic mass is 16.5. The van der Waals surface area contributed by atoms with Crippen LogP contribution < -0.4 is 10.6 Å². The summed E-state index contributed by atoms with van der Waals surface area (Å²) in [5, 5.41) is 18.0. The Balaban J connectivity index is 0.00000136. The van der Waals surface area contributed by atoms with Gasteiger partial charge in [0.05, 0.1) is 32.1 Å². The number of benzene rings is 1. The van der Waals surface area contributed by atoms with Crippen LogP contribution in [0.3, 0.4) is 0 Å². The highest BCUT2D eigenvalue weighted by Crippen LogP contribution is 2.21. The molecule has 0 fully saturated rings. The molecule has 3 amide bonds. The Kier molecular flexibility index (Phi) is 12.8. The summed E-state index contributed by atoms with van der Waals surface area (Å²) < 4.78 is 6.36. The van der Waals surface area contributed by atoms with E-state index in [0.29, 0.717) is 31.0 Å². The number of carbonyl (C=O) groups excluding carboxylic acids is 4. The number of hydrogen-bond donors (Lipinski definition) is 3. The molecule has 2 aromatic heterocycles. The summed E-state index contributed by atoms with van der Waals surface area (Å²) in [5.41, 5.74) is 0.954. The molecule has 246 valence electrons. The van der Waals surface area contributed by atoms with Crippen LogP contribution in [0.15, 0.2) is 42.7 Å². The van der Waals surface area contributed by atoms with Crippen LogP contribution in [0.1, 0.15) is 77.8 Å². The van der Waals surface area contributed by atoms with Crippen molar-refractivity contribution in [3.8, 4) is 0 Å². The van der Waals surface area contributed by atoms with Gasteiger partial charge in [0, 0.05) is 32.9 Å². The summed E-state index contributed by atoms with van der Waals surface area (Å²) in [6, 6.07) is 8.20. The van der Waals surface area contributed by atoms with Crippen molar-refractivity contribution in [2.24, 2.45) is 5.92 Å². The lowest BCUT2D eigenvalue weighted by molar-refractivity contribution is -0.134. The maximum atomic E-state index is 13.6. The molecule has 0 unspecified atom stereocenters. The molecule has 3 heterocycles. The van der Waals surface area contributed by atoms with E-state index in [9.17, 15) is 19.2 Å². The van der Waals surface area contributed by atoms with Crippen LogP contribution >= 0.6 is 0 Å². The lowest BCUT2D eigenvalue weighted by Crippen LogP contribution is -2.50. The number of carboxylic acid groups (broad SMARTS) is 1. The third-order valence-corrected chi connectivity index (χ3v) is 6.95. The van der Waals surface area contributed by atoms with Crippen molar-refractivity contribution in [3.63, 3.8) is 0 Å². The van der Waals surface area contributed by atoms with Crippen molar-refractivity contribution >= 4 is 29.7 Å². The monoisotopic (exact) mass is 636 g/mol. The van der Waals surface area contributed by atoms with Crippen LogP contribution in [-0.4, -0.2) is 90.6 Å². The van der Waals surface area contributed by atoms with Crippen LogP contribution in [0.4, 0.5) is 0 Å². The van der Waals surface area contributed by atoms with E-state index >= 15 is 0 Å². The Morgan fingerprint density at radius 3 is 2.28 bits per heavy atom. The minimum absolute atomic E-state index is 0.0127. The topological polar surface area (TPSA) is 199 Å².